The van der Waals surface area contributed by atoms with E-state index in [0.29, 0.717) is 49.2 Å². The second-order valence-corrected chi connectivity index (χ2v) is 12.3. The van der Waals surface area contributed by atoms with Crippen molar-refractivity contribution >= 4 is 11.7 Å². The first-order valence-corrected chi connectivity index (χ1v) is 15.7. The third-order valence-electron chi connectivity index (χ3n) is 8.30. The van der Waals surface area contributed by atoms with E-state index >= 15 is 0 Å². The molecule has 5 rings (SSSR count). The summed E-state index contributed by atoms with van der Waals surface area (Å²) in [6.07, 6.45) is 3.09. The Bertz CT molecular complexity index is 1450. The molecule has 3 N–H and O–H groups in total. The van der Waals surface area contributed by atoms with E-state index in [9.17, 15) is 14.7 Å². The zero-order valence-corrected chi connectivity index (χ0v) is 25.9. The summed E-state index contributed by atoms with van der Waals surface area (Å²) in [6, 6.07) is 20.8. The van der Waals surface area contributed by atoms with Crippen LogP contribution >= 0.6 is 0 Å². The number of fused-ring (bicyclic) bond motifs is 4. The number of rotatable bonds is 9. The van der Waals surface area contributed by atoms with E-state index in [1.807, 2.05) is 24.3 Å². The van der Waals surface area contributed by atoms with Crippen molar-refractivity contribution in [2.45, 2.75) is 76.5 Å². The first-order chi connectivity index (χ1) is 21.2. The van der Waals surface area contributed by atoms with Crippen LogP contribution in [0.3, 0.4) is 0 Å². The monoisotopic (exact) mass is 600 g/mol. The van der Waals surface area contributed by atoms with Gasteiger partial charge in [-0.3, -0.25) is 9.59 Å². The van der Waals surface area contributed by atoms with Gasteiger partial charge >= 0.3 is 0 Å². The average Bonchev–Trinajstić information content (AvgIpc) is 3.81. The van der Waals surface area contributed by atoms with Gasteiger partial charge in [0.25, 0.3) is 5.91 Å². The number of nitrogens with one attached hydrogen (secondary N) is 2. The Balaban J connectivity index is 1.38. The number of Topliss-reactive ketones (excluding diaryl/α,β-unsaturated/α-hetero) is 1. The minimum absolute atomic E-state index is 0.104. The standard InChI is InChI=1S/C36H44N2O6/c1-24(2)27-9-7-10-29(18-27)36(12-13-36)37-22-34(40)33-17-26-8-6-11-30(16-26)42-14-4-5-15-43-31-19-28(35(41)38-33)20-32(21-31)44-23-25(3)39/h6-11,16,18-21,24,33-34,37,40H,4-5,12-15,17,22-23H2,1-3H3,(H,38,41)/t33-,34+/m0/s1. The molecule has 1 amide bonds. The molecule has 1 saturated carbocycles. The predicted molar refractivity (Wildman–Crippen MR) is 170 cm³/mol. The van der Waals surface area contributed by atoms with E-state index in [0.717, 1.165) is 37.0 Å². The average molecular weight is 601 g/mol. The van der Waals surface area contributed by atoms with E-state index in [1.54, 1.807) is 18.2 Å². The fourth-order valence-electron chi connectivity index (χ4n) is 5.52. The van der Waals surface area contributed by atoms with Crippen LogP contribution in [-0.2, 0) is 16.8 Å². The topological polar surface area (TPSA) is 106 Å². The molecule has 0 aromatic heterocycles. The highest BCUT2D eigenvalue weighted by Crippen LogP contribution is 2.46. The van der Waals surface area contributed by atoms with Gasteiger partial charge in [0.05, 0.1) is 25.4 Å². The van der Waals surface area contributed by atoms with Crippen LogP contribution in [0.5, 0.6) is 17.2 Å². The molecule has 8 heteroatoms. The highest BCUT2D eigenvalue weighted by atomic mass is 16.5. The largest absolute Gasteiger partial charge is 0.494 e. The molecule has 1 fully saturated rings. The van der Waals surface area contributed by atoms with Gasteiger partial charge in [0.15, 0.2) is 5.78 Å². The molecule has 0 saturated heterocycles. The van der Waals surface area contributed by atoms with E-state index in [1.165, 1.54) is 18.1 Å². The summed E-state index contributed by atoms with van der Waals surface area (Å²) in [4.78, 5) is 25.2. The molecule has 8 nitrogen and oxygen atoms in total. The maximum Gasteiger partial charge on any atom is 0.251 e. The van der Waals surface area contributed by atoms with Gasteiger partial charge < -0.3 is 30.0 Å². The van der Waals surface area contributed by atoms with Gasteiger partial charge in [-0.15, -0.1) is 0 Å². The molecular formula is C36H44N2O6. The maximum absolute atomic E-state index is 13.7. The third-order valence-corrected chi connectivity index (χ3v) is 8.30. The first-order valence-electron chi connectivity index (χ1n) is 15.7. The number of ether oxygens (including phenoxy) is 3. The number of amides is 1. The second-order valence-electron chi connectivity index (χ2n) is 12.3. The second kappa shape index (κ2) is 14.3. The van der Waals surface area contributed by atoms with Crippen molar-refractivity contribution in [2.75, 3.05) is 26.4 Å². The van der Waals surface area contributed by atoms with Gasteiger partial charge in [0.1, 0.15) is 23.9 Å². The molecule has 0 unspecified atom stereocenters. The van der Waals surface area contributed by atoms with Crippen LogP contribution in [0, 0.1) is 0 Å². The van der Waals surface area contributed by atoms with Crippen LogP contribution in [0.2, 0.25) is 0 Å². The van der Waals surface area contributed by atoms with E-state index in [-0.39, 0.29) is 23.8 Å². The van der Waals surface area contributed by atoms with Crippen molar-refractivity contribution in [3.63, 3.8) is 0 Å². The summed E-state index contributed by atoms with van der Waals surface area (Å²) in [5, 5.41) is 18.3. The molecule has 1 heterocycles. The fourth-order valence-corrected chi connectivity index (χ4v) is 5.52. The van der Waals surface area contributed by atoms with Gasteiger partial charge in [-0.05, 0) is 85.9 Å². The van der Waals surface area contributed by atoms with Crippen molar-refractivity contribution in [3.05, 3.63) is 89.0 Å². The molecule has 1 aliphatic carbocycles. The molecule has 4 bridgehead atoms. The van der Waals surface area contributed by atoms with Crippen molar-refractivity contribution in [1.82, 2.24) is 10.6 Å². The molecule has 0 spiro atoms. The Morgan fingerprint density at radius 2 is 1.77 bits per heavy atom. The lowest BCUT2D eigenvalue weighted by atomic mass is 9.95. The normalized spacial score (nSPS) is 18.8. The van der Waals surface area contributed by atoms with E-state index in [4.69, 9.17) is 14.2 Å². The molecule has 2 atom stereocenters. The number of hydrogen-bond acceptors (Lipinski definition) is 7. The van der Waals surface area contributed by atoms with Crippen LogP contribution in [-0.4, -0.2) is 55.3 Å². The summed E-state index contributed by atoms with van der Waals surface area (Å²) >= 11 is 0. The highest BCUT2D eigenvalue weighted by molar-refractivity contribution is 5.95. The molecule has 44 heavy (non-hydrogen) atoms. The van der Waals surface area contributed by atoms with Crippen molar-refractivity contribution in [2.24, 2.45) is 0 Å². The van der Waals surface area contributed by atoms with Crippen LogP contribution in [0.4, 0.5) is 0 Å². The molecule has 1 aliphatic heterocycles. The number of aliphatic hydroxyl groups is 1. The minimum Gasteiger partial charge on any atom is -0.494 e. The van der Waals surface area contributed by atoms with Gasteiger partial charge in [-0.2, -0.15) is 0 Å². The molecule has 0 radical (unpaired) electrons. The predicted octanol–water partition coefficient (Wildman–Crippen LogP) is 5.31. The van der Waals surface area contributed by atoms with E-state index < -0.39 is 12.1 Å². The zero-order chi connectivity index (χ0) is 31.1. The Kier molecular flexibility index (Phi) is 10.2. The summed E-state index contributed by atoms with van der Waals surface area (Å²) in [5.41, 5.74) is 3.64. The summed E-state index contributed by atoms with van der Waals surface area (Å²) < 4.78 is 17.6. The highest BCUT2D eigenvalue weighted by Gasteiger charge is 2.44. The fraction of sp³-hybridized carbons (Fsp3) is 0.444. The van der Waals surface area contributed by atoms with Crippen molar-refractivity contribution in [3.8, 4) is 17.2 Å². The zero-order valence-electron chi connectivity index (χ0n) is 25.9. The Hall–Kier alpha value is -3.88. The van der Waals surface area contributed by atoms with Crippen LogP contribution in [0.1, 0.15) is 79.4 Å². The smallest absolute Gasteiger partial charge is 0.251 e. The van der Waals surface area contributed by atoms with Gasteiger partial charge in [0, 0.05) is 23.7 Å². The Morgan fingerprint density at radius 1 is 1.02 bits per heavy atom. The quantitative estimate of drug-likeness (QED) is 0.306. The number of aliphatic hydroxyl groups excluding tert-OH is 1. The SMILES string of the molecule is CC(=O)COc1cc2cc(c1)C(=O)N[C@H]([C@H](O)CNC1(c3cccc(C(C)C)c3)CC1)Cc1cccc(c1)OCCCCO2. The lowest BCUT2D eigenvalue weighted by molar-refractivity contribution is -0.118. The van der Waals surface area contributed by atoms with Crippen LogP contribution in [0.25, 0.3) is 0 Å². The molecule has 3 aromatic carbocycles. The van der Waals surface area contributed by atoms with Crippen LogP contribution < -0.4 is 24.8 Å². The van der Waals surface area contributed by atoms with Crippen molar-refractivity contribution < 1.29 is 28.9 Å². The summed E-state index contributed by atoms with van der Waals surface area (Å²) in [6.45, 7) is 7.02. The molecule has 234 valence electrons. The van der Waals surface area contributed by atoms with Crippen molar-refractivity contribution in [1.29, 1.82) is 0 Å². The lowest BCUT2D eigenvalue weighted by Gasteiger charge is -2.28. The minimum atomic E-state index is -0.874. The number of benzene rings is 3. The van der Waals surface area contributed by atoms with Gasteiger partial charge in [-0.25, -0.2) is 0 Å². The number of carbonyl (C=O) groups excluding carboxylic acids is 2. The maximum atomic E-state index is 13.7. The summed E-state index contributed by atoms with van der Waals surface area (Å²) in [7, 11) is 0. The van der Waals surface area contributed by atoms with Crippen LogP contribution in [0.15, 0.2) is 66.7 Å². The summed E-state index contributed by atoms with van der Waals surface area (Å²) in [5.74, 6) is 1.55. The molecular weight excluding hydrogens is 556 g/mol. The number of carbonyl (C=O) groups is 2. The van der Waals surface area contributed by atoms with Gasteiger partial charge in [-0.1, -0.05) is 50.2 Å². The Morgan fingerprint density at radius 3 is 2.50 bits per heavy atom. The lowest BCUT2D eigenvalue weighted by Crippen LogP contribution is -2.50. The third kappa shape index (κ3) is 8.39. The number of ketones is 1. The van der Waals surface area contributed by atoms with Gasteiger partial charge in [0.2, 0.25) is 0 Å². The molecule has 3 aromatic rings. The molecule has 2 aliphatic rings. The number of hydrogen-bond donors (Lipinski definition) is 3. The first kappa shape index (κ1) is 31.5. The Labute approximate surface area is 260 Å². The van der Waals surface area contributed by atoms with E-state index in [2.05, 4.69) is 48.7 Å².